The normalized spacial score (nSPS) is 11.1. The van der Waals surface area contributed by atoms with Crippen LogP contribution in [0.25, 0.3) is 0 Å². The van der Waals surface area contributed by atoms with Crippen LogP contribution in [-0.2, 0) is 15.8 Å². The Morgan fingerprint density at radius 1 is 0.833 bits per heavy atom. The minimum absolute atomic E-state index is 0.196. The zero-order valence-corrected chi connectivity index (χ0v) is 16.7. The summed E-state index contributed by atoms with van der Waals surface area (Å²) in [7, 11) is 0. The first kappa shape index (κ1) is 21.7. The Labute approximate surface area is 179 Å². The Bertz CT molecular complexity index is 1080. The van der Waals surface area contributed by atoms with Gasteiger partial charge in [-0.25, -0.2) is 0 Å². The van der Waals surface area contributed by atoms with Crippen LogP contribution >= 0.6 is 23.4 Å². The van der Waals surface area contributed by atoms with Gasteiger partial charge in [-0.15, -0.1) is 0 Å². The van der Waals surface area contributed by atoms with E-state index in [4.69, 9.17) is 11.6 Å². The molecule has 0 radical (unpaired) electrons. The summed E-state index contributed by atoms with van der Waals surface area (Å²) in [6.45, 7) is 0. The molecule has 0 spiro atoms. The van der Waals surface area contributed by atoms with E-state index in [0.29, 0.717) is 16.6 Å². The number of benzene rings is 3. The van der Waals surface area contributed by atoms with Gasteiger partial charge >= 0.3 is 18.0 Å². The van der Waals surface area contributed by atoms with Crippen molar-refractivity contribution in [3.05, 3.63) is 83.4 Å². The first-order valence-corrected chi connectivity index (χ1v) is 9.74. The summed E-state index contributed by atoms with van der Waals surface area (Å²) in [6, 6.07) is 19.2. The SMILES string of the molecule is O=C(Nc1ccc(Cl)c(C(F)(F)F)c1)C(=O)Nc1ccccc1Sc1ccccc1. The molecule has 3 aromatic carbocycles. The monoisotopic (exact) mass is 450 g/mol. The van der Waals surface area contributed by atoms with Crippen molar-refractivity contribution >= 4 is 46.6 Å². The number of hydrogen-bond donors (Lipinski definition) is 2. The van der Waals surface area contributed by atoms with Crippen LogP contribution < -0.4 is 10.6 Å². The number of carbonyl (C=O) groups excluding carboxylic acids is 2. The second-order valence-corrected chi connectivity index (χ2v) is 7.53. The zero-order chi connectivity index (χ0) is 21.7. The number of halogens is 4. The van der Waals surface area contributed by atoms with Gasteiger partial charge in [0.1, 0.15) is 0 Å². The van der Waals surface area contributed by atoms with E-state index >= 15 is 0 Å². The summed E-state index contributed by atoms with van der Waals surface area (Å²) < 4.78 is 38.9. The molecule has 0 saturated carbocycles. The lowest BCUT2D eigenvalue weighted by atomic mass is 10.2. The summed E-state index contributed by atoms with van der Waals surface area (Å²) in [5, 5.41) is 4.14. The van der Waals surface area contributed by atoms with Crippen LogP contribution in [0.15, 0.2) is 82.6 Å². The van der Waals surface area contributed by atoms with E-state index in [9.17, 15) is 22.8 Å². The van der Waals surface area contributed by atoms with E-state index in [1.165, 1.54) is 17.8 Å². The largest absolute Gasteiger partial charge is 0.417 e. The van der Waals surface area contributed by atoms with Crippen LogP contribution in [0.3, 0.4) is 0 Å². The highest BCUT2D eigenvalue weighted by Gasteiger charge is 2.33. The van der Waals surface area contributed by atoms with Gasteiger partial charge in [-0.1, -0.05) is 53.7 Å². The number of anilines is 2. The molecule has 154 valence electrons. The molecule has 0 aromatic heterocycles. The molecule has 0 saturated heterocycles. The molecule has 0 aliphatic heterocycles. The Balaban J connectivity index is 1.72. The molecule has 0 unspecified atom stereocenters. The second-order valence-electron chi connectivity index (χ2n) is 6.01. The third-order valence-corrected chi connectivity index (χ3v) is 5.26. The van der Waals surface area contributed by atoms with E-state index in [-0.39, 0.29) is 5.69 Å². The van der Waals surface area contributed by atoms with Gasteiger partial charge in [-0.2, -0.15) is 13.2 Å². The fourth-order valence-electron chi connectivity index (χ4n) is 2.46. The number of alkyl halides is 3. The van der Waals surface area contributed by atoms with Gasteiger partial charge in [-0.05, 0) is 42.5 Å². The predicted octanol–water partition coefficient (Wildman–Crippen LogP) is 6.09. The summed E-state index contributed by atoms with van der Waals surface area (Å²) in [6.07, 6.45) is -4.69. The maximum absolute atomic E-state index is 13.0. The average molecular weight is 451 g/mol. The van der Waals surface area contributed by atoms with Crippen LogP contribution in [0.5, 0.6) is 0 Å². The Morgan fingerprint density at radius 2 is 1.47 bits per heavy atom. The third kappa shape index (κ3) is 5.55. The second kappa shape index (κ2) is 9.23. The molecule has 0 atom stereocenters. The predicted molar refractivity (Wildman–Crippen MR) is 111 cm³/mol. The van der Waals surface area contributed by atoms with Crippen LogP contribution in [0.2, 0.25) is 5.02 Å². The zero-order valence-electron chi connectivity index (χ0n) is 15.2. The third-order valence-electron chi connectivity index (χ3n) is 3.84. The fourth-order valence-corrected chi connectivity index (χ4v) is 3.61. The molecule has 4 nitrogen and oxygen atoms in total. The first-order valence-electron chi connectivity index (χ1n) is 8.55. The Kier molecular flexibility index (Phi) is 6.69. The lowest BCUT2D eigenvalue weighted by molar-refractivity contribution is -0.137. The van der Waals surface area contributed by atoms with Crippen LogP contribution in [0.1, 0.15) is 5.56 Å². The first-order chi connectivity index (χ1) is 14.2. The summed E-state index contributed by atoms with van der Waals surface area (Å²) >= 11 is 6.95. The molecule has 0 aliphatic carbocycles. The molecule has 30 heavy (non-hydrogen) atoms. The number of hydrogen-bond acceptors (Lipinski definition) is 3. The standard InChI is InChI=1S/C21H14ClF3N2O2S/c22-16-11-10-13(12-15(16)21(23,24)25)26-19(28)20(29)27-17-8-4-5-9-18(17)30-14-6-2-1-3-7-14/h1-12H,(H,26,28)(H,27,29). The van der Waals surface area contributed by atoms with Gasteiger partial charge in [0, 0.05) is 15.5 Å². The summed E-state index contributed by atoms with van der Waals surface area (Å²) in [5.74, 6) is -2.12. The van der Waals surface area contributed by atoms with Crippen molar-refractivity contribution in [1.29, 1.82) is 0 Å². The minimum Gasteiger partial charge on any atom is -0.318 e. The van der Waals surface area contributed by atoms with Gasteiger partial charge in [-0.3, -0.25) is 9.59 Å². The molecule has 2 amide bonds. The maximum atomic E-state index is 13.0. The van der Waals surface area contributed by atoms with E-state index in [2.05, 4.69) is 10.6 Å². The van der Waals surface area contributed by atoms with Gasteiger partial charge in [0.25, 0.3) is 0 Å². The topological polar surface area (TPSA) is 58.2 Å². The van der Waals surface area contributed by atoms with Crippen molar-refractivity contribution in [3.63, 3.8) is 0 Å². The van der Waals surface area contributed by atoms with Crippen LogP contribution in [0.4, 0.5) is 24.5 Å². The highest BCUT2D eigenvalue weighted by Crippen LogP contribution is 2.36. The highest BCUT2D eigenvalue weighted by atomic mass is 35.5. The number of rotatable bonds is 4. The molecule has 3 rings (SSSR count). The van der Waals surface area contributed by atoms with Gasteiger partial charge in [0.05, 0.1) is 16.3 Å². The smallest absolute Gasteiger partial charge is 0.318 e. The van der Waals surface area contributed by atoms with E-state index in [1.54, 1.807) is 24.3 Å². The minimum atomic E-state index is -4.69. The van der Waals surface area contributed by atoms with Crippen molar-refractivity contribution in [2.24, 2.45) is 0 Å². The van der Waals surface area contributed by atoms with Crippen LogP contribution in [0, 0.1) is 0 Å². The number of carbonyl (C=O) groups is 2. The maximum Gasteiger partial charge on any atom is 0.417 e. The average Bonchev–Trinajstić information content (AvgIpc) is 2.70. The quantitative estimate of drug-likeness (QED) is 0.473. The van der Waals surface area contributed by atoms with E-state index < -0.39 is 28.6 Å². The van der Waals surface area contributed by atoms with Crippen molar-refractivity contribution in [3.8, 4) is 0 Å². The lowest BCUT2D eigenvalue weighted by Gasteiger charge is -2.13. The molecule has 9 heteroatoms. The Morgan fingerprint density at radius 3 is 2.17 bits per heavy atom. The van der Waals surface area contributed by atoms with E-state index in [1.807, 2.05) is 30.3 Å². The lowest BCUT2D eigenvalue weighted by Crippen LogP contribution is -2.29. The van der Waals surface area contributed by atoms with Crippen molar-refractivity contribution in [2.45, 2.75) is 16.0 Å². The number of nitrogens with one attached hydrogen (secondary N) is 2. The van der Waals surface area contributed by atoms with Gasteiger partial charge in [0.2, 0.25) is 0 Å². The molecule has 3 aromatic rings. The van der Waals surface area contributed by atoms with Crippen molar-refractivity contribution < 1.29 is 22.8 Å². The summed E-state index contributed by atoms with van der Waals surface area (Å²) in [4.78, 5) is 26.1. The van der Waals surface area contributed by atoms with Crippen LogP contribution in [-0.4, -0.2) is 11.8 Å². The number of para-hydroxylation sites is 1. The molecule has 0 aliphatic rings. The van der Waals surface area contributed by atoms with Gasteiger partial charge in [0.15, 0.2) is 0 Å². The van der Waals surface area contributed by atoms with Gasteiger partial charge < -0.3 is 10.6 Å². The van der Waals surface area contributed by atoms with Crippen molar-refractivity contribution in [1.82, 2.24) is 0 Å². The number of amides is 2. The molecular formula is C21H14ClF3N2O2S. The molecular weight excluding hydrogens is 437 g/mol. The molecule has 2 N–H and O–H groups in total. The Hall–Kier alpha value is -2.97. The fraction of sp³-hybridized carbons (Fsp3) is 0.0476. The molecule has 0 heterocycles. The van der Waals surface area contributed by atoms with Crippen molar-refractivity contribution in [2.75, 3.05) is 10.6 Å². The molecule has 0 bridgehead atoms. The highest BCUT2D eigenvalue weighted by molar-refractivity contribution is 7.99. The molecule has 0 fully saturated rings. The van der Waals surface area contributed by atoms with E-state index in [0.717, 1.165) is 11.0 Å². The summed E-state index contributed by atoms with van der Waals surface area (Å²) in [5.41, 5.74) is -0.899.